The Morgan fingerprint density at radius 1 is 1.27 bits per heavy atom. The van der Waals surface area contributed by atoms with Gasteiger partial charge in [-0.15, -0.1) is 0 Å². The molecular formula is C12H25N2O+. The second-order valence-electron chi connectivity index (χ2n) is 4.14. The quantitative estimate of drug-likeness (QED) is 0.391. The van der Waals surface area contributed by atoms with E-state index in [4.69, 9.17) is 0 Å². The van der Waals surface area contributed by atoms with Crippen molar-refractivity contribution in [2.75, 3.05) is 26.3 Å². The number of quaternary nitrogens is 1. The molecule has 1 N–H and O–H groups in total. The maximum atomic E-state index is 11.4. The summed E-state index contributed by atoms with van der Waals surface area (Å²) in [6.07, 6.45) is 1.14. The van der Waals surface area contributed by atoms with Gasteiger partial charge in [0, 0.05) is 5.57 Å². The zero-order valence-corrected chi connectivity index (χ0v) is 10.6. The molecule has 3 nitrogen and oxygen atoms in total. The van der Waals surface area contributed by atoms with Crippen LogP contribution >= 0.6 is 0 Å². The van der Waals surface area contributed by atoms with E-state index in [1.807, 2.05) is 0 Å². The van der Waals surface area contributed by atoms with Crippen molar-refractivity contribution in [2.24, 2.45) is 0 Å². The first-order chi connectivity index (χ1) is 7.01. The molecule has 1 amide bonds. The highest BCUT2D eigenvalue weighted by Gasteiger charge is 2.22. The molecule has 0 rings (SSSR count). The Kier molecular flexibility index (Phi) is 6.25. The van der Waals surface area contributed by atoms with Crippen LogP contribution in [0, 0.1) is 0 Å². The van der Waals surface area contributed by atoms with Gasteiger partial charge in [0.1, 0.15) is 0 Å². The fourth-order valence-corrected chi connectivity index (χ4v) is 1.71. The summed E-state index contributed by atoms with van der Waals surface area (Å²) < 4.78 is 0.954. The van der Waals surface area contributed by atoms with Crippen LogP contribution in [0.2, 0.25) is 0 Å². The molecule has 0 aromatic heterocycles. The van der Waals surface area contributed by atoms with Gasteiger partial charge in [-0.1, -0.05) is 13.5 Å². The third-order valence-corrected chi connectivity index (χ3v) is 3.00. The van der Waals surface area contributed by atoms with Gasteiger partial charge in [0.15, 0.2) is 6.67 Å². The third kappa shape index (κ3) is 4.47. The molecule has 0 saturated heterocycles. The molecule has 88 valence electrons. The summed E-state index contributed by atoms with van der Waals surface area (Å²) in [5, 5.41) is 2.94. The van der Waals surface area contributed by atoms with E-state index in [1.165, 1.54) is 0 Å². The molecule has 0 aromatic rings. The van der Waals surface area contributed by atoms with Gasteiger partial charge in [-0.2, -0.15) is 0 Å². The van der Waals surface area contributed by atoms with E-state index in [0.717, 1.165) is 30.5 Å². The molecule has 0 fully saturated rings. The van der Waals surface area contributed by atoms with Gasteiger partial charge < -0.3 is 9.80 Å². The smallest absolute Gasteiger partial charge is 0.250 e. The van der Waals surface area contributed by atoms with E-state index in [-0.39, 0.29) is 5.91 Å². The minimum atomic E-state index is -0.0319. The van der Waals surface area contributed by atoms with Crippen molar-refractivity contribution < 1.29 is 9.28 Å². The number of hydrogen-bond acceptors (Lipinski definition) is 1. The third-order valence-electron chi connectivity index (χ3n) is 3.00. The minimum absolute atomic E-state index is 0.0319. The van der Waals surface area contributed by atoms with E-state index in [9.17, 15) is 4.79 Å². The normalized spacial score (nSPS) is 11.2. The van der Waals surface area contributed by atoms with Crippen LogP contribution in [-0.2, 0) is 4.79 Å². The SMILES string of the molecule is C=C(C)C(=O)NC[N+](CC)(CC)CCC. The monoisotopic (exact) mass is 213 g/mol. The van der Waals surface area contributed by atoms with Crippen LogP contribution in [0.5, 0.6) is 0 Å². The lowest BCUT2D eigenvalue weighted by Crippen LogP contribution is -2.54. The van der Waals surface area contributed by atoms with E-state index in [0.29, 0.717) is 12.2 Å². The lowest BCUT2D eigenvalue weighted by molar-refractivity contribution is -0.926. The maximum Gasteiger partial charge on any atom is 0.250 e. The topological polar surface area (TPSA) is 29.1 Å². The van der Waals surface area contributed by atoms with Crippen molar-refractivity contribution >= 4 is 5.91 Å². The largest absolute Gasteiger partial charge is 0.307 e. The van der Waals surface area contributed by atoms with Crippen molar-refractivity contribution in [3.05, 3.63) is 12.2 Å². The van der Waals surface area contributed by atoms with Crippen LogP contribution in [0.1, 0.15) is 34.1 Å². The van der Waals surface area contributed by atoms with Gasteiger partial charge in [-0.05, 0) is 27.2 Å². The van der Waals surface area contributed by atoms with Crippen LogP contribution in [0.4, 0.5) is 0 Å². The summed E-state index contributed by atoms with van der Waals surface area (Å²) in [6.45, 7) is 15.8. The van der Waals surface area contributed by atoms with E-state index in [2.05, 4.69) is 32.7 Å². The summed E-state index contributed by atoms with van der Waals surface area (Å²) in [4.78, 5) is 11.4. The second-order valence-corrected chi connectivity index (χ2v) is 4.14. The summed E-state index contributed by atoms with van der Waals surface area (Å²) >= 11 is 0. The van der Waals surface area contributed by atoms with E-state index >= 15 is 0 Å². The molecule has 0 aliphatic rings. The molecule has 0 spiro atoms. The van der Waals surface area contributed by atoms with Gasteiger partial charge in [0.2, 0.25) is 0 Å². The van der Waals surface area contributed by atoms with Crippen molar-refractivity contribution in [3.8, 4) is 0 Å². The summed E-state index contributed by atoms with van der Waals surface area (Å²) in [5.41, 5.74) is 0.580. The highest BCUT2D eigenvalue weighted by molar-refractivity contribution is 5.91. The number of nitrogens with zero attached hydrogens (tertiary/aromatic N) is 1. The summed E-state index contributed by atoms with van der Waals surface area (Å²) in [6, 6.07) is 0. The molecule has 0 saturated carbocycles. The fraction of sp³-hybridized carbons (Fsp3) is 0.750. The predicted molar refractivity (Wildman–Crippen MR) is 64.3 cm³/mol. The lowest BCUT2D eigenvalue weighted by Gasteiger charge is -2.36. The fourth-order valence-electron chi connectivity index (χ4n) is 1.71. The number of rotatable bonds is 7. The lowest BCUT2D eigenvalue weighted by atomic mass is 10.3. The standard InChI is InChI=1S/C12H24N2O/c1-6-9-14(7-2,8-3)10-13-12(15)11(4)5/h4,6-10H2,1-3,5H3/p+1. The van der Waals surface area contributed by atoms with Crippen molar-refractivity contribution in [1.29, 1.82) is 0 Å². The summed E-state index contributed by atoms with van der Waals surface area (Å²) in [7, 11) is 0. The number of hydrogen-bond donors (Lipinski definition) is 1. The zero-order chi connectivity index (χ0) is 11.9. The molecule has 0 bridgehead atoms. The van der Waals surface area contributed by atoms with Crippen molar-refractivity contribution in [2.45, 2.75) is 34.1 Å². The molecular weight excluding hydrogens is 188 g/mol. The van der Waals surface area contributed by atoms with Gasteiger partial charge in [-0.25, -0.2) is 0 Å². The highest BCUT2D eigenvalue weighted by Crippen LogP contribution is 2.06. The molecule has 0 aliphatic heterocycles. The number of carbonyl (C=O) groups excluding carboxylic acids is 1. The molecule has 0 atom stereocenters. The van der Waals surface area contributed by atoms with Crippen molar-refractivity contribution in [3.63, 3.8) is 0 Å². The molecule has 0 aliphatic carbocycles. The van der Waals surface area contributed by atoms with E-state index in [1.54, 1.807) is 6.92 Å². The van der Waals surface area contributed by atoms with Gasteiger partial charge in [0.25, 0.3) is 5.91 Å². The molecule has 0 radical (unpaired) electrons. The Bertz CT molecular complexity index is 220. The molecule has 15 heavy (non-hydrogen) atoms. The molecule has 0 unspecified atom stereocenters. The van der Waals surface area contributed by atoms with Gasteiger partial charge >= 0.3 is 0 Å². The average molecular weight is 213 g/mol. The number of carbonyl (C=O) groups is 1. The Labute approximate surface area is 93.7 Å². The number of amides is 1. The molecule has 3 heteroatoms. The first kappa shape index (κ1) is 14.2. The predicted octanol–water partition coefficient (Wildman–Crippen LogP) is 1.90. The van der Waals surface area contributed by atoms with Gasteiger partial charge in [0.05, 0.1) is 19.6 Å². The first-order valence-electron chi connectivity index (χ1n) is 5.80. The Balaban J connectivity index is 4.28. The highest BCUT2D eigenvalue weighted by atomic mass is 16.1. The molecule has 0 aromatic carbocycles. The van der Waals surface area contributed by atoms with Gasteiger partial charge in [-0.3, -0.25) is 4.79 Å². The second kappa shape index (κ2) is 6.62. The number of nitrogens with one attached hydrogen (secondary N) is 1. The van der Waals surface area contributed by atoms with E-state index < -0.39 is 0 Å². The van der Waals surface area contributed by atoms with Crippen molar-refractivity contribution in [1.82, 2.24) is 5.32 Å². The van der Waals surface area contributed by atoms with Crippen LogP contribution < -0.4 is 5.32 Å². The maximum absolute atomic E-state index is 11.4. The molecule has 0 heterocycles. The van der Waals surface area contributed by atoms with Crippen LogP contribution in [0.15, 0.2) is 12.2 Å². The minimum Gasteiger partial charge on any atom is -0.307 e. The Hall–Kier alpha value is -0.830. The summed E-state index contributed by atoms with van der Waals surface area (Å²) in [5.74, 6) is -0.0319. The van der Waals surface area contributed by atoms with Crippen LogP contribution in [0.25, 0.3) is 0 Å². The van der Waals surface area contributed by atoms with Crippen LogP contribution in [0.3, 0.4) is 0 Å². The Morgan fingerprint density at radius 2 is 1.80 bits per heavy atom. The van der Waals surface area contributed by atoms with Crippen LogP contribution in [-0.4, -0.2) is 36.7 Å². The zero-order valence-electron chi connectivity index (χ0n) is 10.6. The first-order valence-corrected chi connectivity index (χ1v) is 5.80. The average Bonchev–Trinajstić information content (AvgIpc) is 2.23. The Morgan fingerprint density at radius 3 is 2.13 bits per heavy atom.